The number of amides is 1. The van der Waals surface area contributed by atoms with E-state index in [1.54, 1.807) is 33.0 Å². The summed E-state index contributed by atoms with van der Waals surface area (Å²) < 4.78 is 35.0. The number of carbonyl (C=O) groups excluding carboxylic acids is 1. The summed E-state index contributed by atoms with van der Waals surface area (Å²) in [5.41, 5.74) is 2.17. The van der Waals surface area contributed by atoms with Crippen molar-refractivity contribution in [3.63, 3.8) is 0 Å². The summed E-state index contributed by atoms with van der Waals surface area (Å²) in [7, 11) is -1.96. The summed E-state index contributed by atoms with van der Waals surface area (Å²) in [5.74, 6) is 1.73. The van der Waals surface area contributed by atoms with Gasteiger partial charge in [-0.1, -0.05) is 18.2 Å². The molecule has 11 heteroatoms. The first-order chi connectivity index (χ1) is 19.3. The summed E-state index contributed by atoms with van der Waals surface area (Å²) >= 11 is 0. The summed E-state index contributed by atoms with van der Waals surface area (Å²) in [6.07, 6.45) is -0.443. The van der Waals surface area contributed by atoms with Crippen LogP contribution in [0, 0.1) is 0 Å². The van der Waals surface area contributed by atoms with Crippen molar-refractivity contribution in [2.75, 3.05) is 43.7 Å². The van der Waals surface area contributed by atoms with E-state index in [9.17, 15) is 9.36 Å². The van der Waals surface area contributed by atoms with Gasteiger partial charge in [0.1, 0.15) is 29.2 Å². The highest BCUT2D eigenvalue weighted by molar-refractivity contribution is 7.54. The molecule has 3 aromatic rings. The number of carbonyl (C=O) groups is 1. The van der Waals surface area contributed by atoms with Gasteiger partial charge >= 0.3 is 7.60 Å². The molecular weight excluding hydrogens is 531 g/mol. The number of para-hydroxylation sites is 1. The molecular formula is C29H35N4O6P. The molecule has 2 N–H and O–H groups in total. The third-order valence-corrected chi connectivity index (χ3v) is 7.38. The lowest BCUT2D eigenvalue weighted by molar-refractivity contribution is -0.114. The first-order valence-electron chi connectivity index (χ1n) is 12.9. The smallest absolute Gasteiger partial charge is 0.340 e. The number of nitrogens with zero attached hydrogens (tertiary/aromatic N) is 2. The molecule has 0 heterocycles. The van der Waals surface area contributed by atoms with Crippen LogP contribution in [0.4, 0.5) is 17.1 Å². The lowest BCUT2D eigenvalue weighted by Crippen LogP contribution is -2.20. The molecule has 0 atom stereocenters. The summed E-state index contributed by atoms with van der Waals surface area (Å²) in [4.78, 5) is 21.5. The number of ether oxygens (including phenoxy) is 2. The van der Waals surface area contributed by atoms with Crippen molar-refractivity contribution in [3.05, 3.63) is 72.3 Å². The molecule has 0 radical (unpaired) electrons. The van der Waals surface area contributed by atoms with Gasteiger partial charge in [-0.05, 0) is 70.0 Å². The zero-order valence-corrected chi connectivity index (χ0v) is 24.1. The van der Waals surface area contributed by atoms with E-state index in [1.807, 2.05) is 61.5 Å². The molecule has 0 spiro atoms. The third-order valence-electron chi connectivity index (χ3n) is 5.41. The second-order valence-electron chi connectivity index (χ2n) is 8.25. The lowest BCUT2D eigenvalue weighted by atomic mass is 10.1. The highest BCUT2D eigenvalue weighted by Gasteiger charge is 2.28. The molecule has 3 rings (SSSR count). The second-order valence-corrected chi connectivity index (χ2v) is 10.3. The first kappa shape index (κ1) is 30.6. The van der Waals surface area contributed by atoms with Crippen molar-refractivity contribution in [2.24, 2.45) is 9.98 Å². The van der Waals surface area contributed by atoms with Crippen LogP contribution in [0.5, 0.6) is 17.2 Å². The normalized spacial score (nSPS) is 11.6. The van der Waals surface area contributed by atoms with Crippen molar-refractivity contribution in [1.82, 2.24) is 0 Å². The number of benzene rings is 3. The van der Waals surface area contributed by atoms with Gasteiger partial charge in [-0.15, -0.1) is 0 Å². The van der Waals surface area contributed by atoms with Gasteiger partial charge in [0.25, 0.3) is 0 Å². The summed E-state index contributed by atoms with van der Waals surface area (Å²) in [5, 5.41) is 6.06. The molecule has 0 bridgehead atoms. The molecule has 40 heavy (non-hydrogen) atoms. The van der Waals surface area contributed by atoms with E-state index >= 15 is 0 Å². The number of aliphatic imine (C=N–C) groups is 2. The standard InChI is InChI=1S/C29H35N4O6P/c1-6-36-27-19-25(30-4)24(18-26(27)33-28(34)20-40(35,37-7-2)38-8-3)29(31-5)32-21-14-16-23(17-15-21)39-22-12-10-9-11-13-22/h9-19H,4,6-8,20H2,1-3,5H3,(H,31,32)(H,33,34). The molecule has 0 aliphatic rings. The molecule has 212 valence electrons. The number of amidine groups is 1. The Hall–Kier alpha value is -3.98. The van der Waals surface area contributed by atoms with E-state index in [0.717, 1.165) is 11.4 Å². The Balaban J connectivity index is 1.86. The predicted molar refractivity (Wildman–Crippen MR) is 160 cm³/mol. The maximum absolute atomic E-state index is 12.9. The van der Waals surface area contributed by atoms with Crippen molar-refractivity contribution in [3.8, 4) is 17.2 Å². The Kier molecular flexibility index (Phi) is 11.4. The Bertz CT molecular complexity index is 1350. The van der Waals surface area contributed by atoms with Crippen LogP contribution in [0.2, 0.25) is 0 Å². The van der Waals surface area contributed by atoms with E-state index in [4.69, 9.17) is 18.5 Å². The second kappa shape index (κ2) is 15.0. The molecule has 3 aromatic carbocycles. The van der Waals surface area contributed by atoms with Gasteiger partial charge in [0.2, 0.25) is 5.91 Å². The minimum Gasteiger partial charge on any atom is -0.492 e. The fourth-order valence-electron chi connectivity index (χ4n) is 3.76. The van der Waals surface area contributed by atoms with E-state index in [1.165, 1.54) is 0 Å². The van der Waals surface area contributed by atoms with Crippen molar-refractivity contribution in [2.45, 2.75) is 20.8 Å². The fraction of sp³-hybridized carbons (Fsp3) is 0.276. The average Bonchev–Trinajstić information content (AvgIpc) is 2.94. The van der Waals surface area contributed by atoms with Crippen molar-refractivity contribution >= 4 is 43.1 Å². The van der Waals surface area contributed by atoms with Gasteiger partial charge in [-0.2, -0.15) is 0 Å². The van der Waals surface area contributed by atoms with Gasteiger partial charge in [0.05, 0.1) is 31.2 Å². The van der Waals surface area contributed by atoms with Crippen LogP contribution in [0.25, 0.3) is 0 Å². The number of hydrogen-bond donors (Lipinski definition) is 2. The zero-order valence-electron chi connectivity index (χ0n) is 23.2. The molecule has 0 fully saturated rings. The number of hydrogen-bond acceptors (Lipinski definition) is 8. The fourth-order valence-corrected chi connectivity index (χ4v) is 5.24. The van der Waals surface area contributed by atoms with E-state index in [0.29, 0.717) is 40.9 Å². The van der Waals surface area contributed by atoms with Crippen LogP contribution in [0.3, 0.4) is 0 Å². The van der Waals surface area contributed by atoms with Crippen LogP contribution >= 0.6 is 7.60 Å². The molecule has 0 aliphatic carbocycles. The Morgan fingerprint density at radius 1 is 0.900 bits per heavy atom. The van der Waals surface area contributed by atoms with Gasteiger partial charge in [0.15, 0.2) is 0 Å². The number of nitrogens with one attached hydrogen (secondary N) is 2. The number of anilines is 2. The van der Waals surface area contributed by atoms with Crippen molar-refractivity contribution < 1.29 is 27.9 Å². The maximum atomic E-state index is 12.9. The highest BCUT2D eigenvalue weighted by atomic mass is 31.2. The number of rotatable bonds is 14. The molecule has 0 aromatic heterocycles. The van der Waals surface area contributed by atoms with Crippen LogP contribution in [-0.2, 0) is 18.4 Å². The minimum atomic E-state index is -3.60. The van der Waals surface area contributed by atoms with Gasteiger partial charge in [-0.3, -0.25) is 19.3 Å². The zero-order chi connectivity index (χ0) is 29.0. The van der Waals surface area contributed by atoms with Gasteiger partial charge < -0.3 is 29.2 Å². The summed E-state index contributed by atoms with van der Waals surface area (Å²) in [6, 6.07) is 20.3. The molecule has 1 amide bonds. The first-order valence-corrected chi connectivity index (χ1v) is 14.6. The Morgan fingerprint density at radius 3 is 2.12 bits per heavy atom. The maximum Gasteiger partial charge on any atom is 0.340 e. The molecule has 0 saturated carbocycles. The topological polar surface area (TPSA) is 120 Å². The monoisotopic (exact) mass is 566 g/mol. The highest BCUT2D eigenvalue weighted by Crippen LogP contribution is 2.48. The van der Waals surface area contributed by atoms with Gasteiger partial charge in [-0.25, -0.2) is 0 Å². The summed E-state index contributed by atoms with van der Waals surface area (Å²) in [6.45, 7) is 9.54. The quantitative estimate of drug-likeness (QED) is 0.124. The van der Waals surface area contributed by atoms with E-state index < -0.39 is 19.7 Å². The predicted octanol–water partition coefficient (Wildman–Crippen LogP) is 6.90. The molecule has 10 nitrogen and oxygen atoms in total. The largest absolute Gasteiger partial charge is 0.492 e. The molecule has 0 saturated heterocycles. The van der Waals surface area contributed by atoms with Crippen molar-refractivity contribution in [1.29, 1.82) is 0 Å². The Labute approximate surface area is 235 Å². The van der Waals surface area contributed by atoms with Crippen LogP contribution in [0.1, 0.15) is 26.3 Å². The third kappa shape index (κ3) is 8.51. The van der Waals surface area contributed by atoms with E-state index in [-0.39, 0.29) is 13.2 Å². The van der Waals surface area contributed by atoms with Crippen LogP contribution in [0.15, 0.2) is 76.7 Å². The van der Waals surface area contributed by atoms with Gasteiger partial charge in [0, 0.05) is 24.4 Å². The van der Waals surface area contributed by atoms with Crippen LogP contribution in [-0.4, -0.2) is 51.5 Å². The van der Waals surface area contributed by atoms with E-state index in [2.05, 4.69) is 27.3 Å². The lowest BCUT2D eigenvalue weighted by Gasteiger charge is -2.19. The molecule has 0 aliphatic heterocycles. The van der Waals surface area contributed by atoms with Crippen LogP contribution < -0.4 is 20.1 Å². The minimum absolute atomic E-state index is 0.153. The molecule has 0 unspecified atom stereocenters. The Morgan fingerprint density at radius 2 is 1.55 bits per heavy atom. The average molecular weight is 567 g/mol. The SMILES string of the molecule is C=Nc1cc(OCC)c(NC(=O)CP(=O)(OCC)OCC)cc1C(=NC)Nc1ccc(Oc2ccccc2)cc1.